The Morgan fingerprint density at radius 1 is 1.38 bits per heavy atom. The van der Waals surface area contributed by atoms with Crippen molar-refractivity contribution in [2.75, 3.05) is 0 Å². The van der Waals surface area contributed by atoms with Gasteiger partial charge in [0, 0.05) is 6.20 Å². The smallest absolute Gasteiger partial charge is 0.211 e. The maximum atomic E-state index is 9.99. The van der Waals surface area contributed by atoms with Gasteiger partial charge in [-0.2, -0.15) is 5.26 Å². The van der Waals surface area contributed by atoms with Crippen molar-refractivity contribution in [3.8, 4) is 6.07 Å². The van der Waals surface area contributed by atoms with E-state index in [1.54, 1.807) is 0 Å². The third-order valence-electron chi connectivity index (χ3n) is 1.50. The molecule has 0 saturated heterocycles. The van der Waals surface area contributed by atoms with Crippen molar-refractivity contribution >= 4 is 12.0 Å². The van der Waals surface area contributed by atoms with Crippen molar-refractivity contribution in [1.82, 2.24) is 5.32 Å². The molecule has 13 heavy (non-hydrogen) atoms. The van der Waals surface area contributed by atoms with Crippen LogP contribution >= 0.6 is 0 Å². The minimum Gasteiger partial charge on any atom is -0.334 e. The van der Waals surface area contributed by atoms with E-state index in [2.05, 4.69) is 5.32 Å². The molecule has 0 spiro atoms. The Balaban J connectivity index is 2.93. The van der Waals surface area contributed by atoms with Gasteiger partial charge < -0.3 is 5.32 Å². The number of allylic oxidation sites excluding steroid dienone is 1. The second kappa shape index (κ2) is 4.73. The number of carbonyl (C=O) groups excluding carboxylic acids is 1. The largest absolute Gasteiger partial charge is 0.334 e. The van der Waals surface area contributed by atoms with Gasteiger partial charge in [0.15, 0.2) is 0 Å². The first kappa shape index (κ1) is 9.01. The Kier molecular flexibility index (Phi) is 3.28. The van der Waals surface area contributed by atoms with Crippen LogP contribution in [0.15, 0.2) is 36.5 Å². The SMILES string of the molecule is N#C/C(=C\NC=O)c1ccccc1. The van der Waals surface area contributed by atoms with Gasteiger partial charge in [-0.1, -0.05) is 30.3 Å². The molecule has 0 atom stereocenters. The third kappa shape index (κ3) is 2.46. The number of amides is 1. The summed E-state index contributed by atoms with van der Waals surface area (Å²) in [5.74, 6) is 0. The lowest BCUT2D eigenvalue weighted by Crippen LogP contribution is -2.00. The molecule has 0 aromatic heterocycles. The van der Waals surface area contributed by atoms with Gasteiger partial charge in [-0.3, -0.25) is 4.79 Å². The molecule has 1 N–H and O–H groups in total. The van der Waals surface area contributed by atoms with Crippen molar-refractivity contribution in [3.05, 3.63) is 42.1 Å². The fourth-order valence-electron chi connectivity index (χ4n) is 0.915. The minimum atomic E-state index is 0.438. The third-order valence-corrected chi connectivity index (χ3v) is 1.50. The molecule has 1 amide bonds. The topological polar surface area (TPSA) is 52.9 Å². The zero-order valence-electron chi connectivity index (χ0n) is 6.90. The van der Waals surface area contributed by atoms with Gasteiger partial charge in [0.05, 0.1) is 5.57 Å². The van der Waals surface area contributed by atoms with E-state index in [1.165, 1.54) is 6.20 Å². The van der Waals surface area contributed by atoms with Crippen LogP contribution in [0.3, 0.4) is 0 Å². The molecule has 0 radical (unpaired) electrons. The fraction of sp³-hybridized carbons (Fsp3) is 0. The van der Waals surface area contributed by atoms with Crippen LogP contribution in [0.5, 0.6) is 0 Å². The normalized spacial score (nSPS) is 10.2. The molecule has 64 valence electrons. The fourth-order valence-corrected chi connectivity index (χ4v) is 0.915. The average molecular weight is 172 g/mol. The summed E-state index contributed by atoms with van der Waals surface area (Å²) in [5, 5.41) is 11.1. The average Bonchev–Trinajstić information content (AvgIpc) is 2.21. The van der Waals surface area contributed by atoms with E-state index in [-0.39, 0.29) is 0 Å². The molecule has 0 bridgehead atoms. The van der Waals surface area contributed by atoms with Crippen molar-refractivity contribution in [2.24, 2.45) is 0 Å². The van der Waals surface area contributed by atoms with Gasteiger partial charge in [-0.25, -0.2) is 0 Å². The summed E-state index contributed by atoms with van der Waals surface area (Å²) in [5.41, 5.74) is 1.23. The molecule has 0 aliphatic rings. The Labute approximate surface area is 76.3 Å². The molecule has 0 heterocycles. The Bertz CT molecular complexity index is 349. The van der Waals surface area contributed by atoms with Crippen LogP contribution in [0.4, 0.5) is 0 Å². The van der Waals surface area contributed by atoms with Crippen molar-refractivity contribution in [1.29, 1.82) is 5.26 Å². The number of nitrogens with one attached hydrogen (secondary N) is 1. The summed E-state index contributed by atoms with van der Waals surface area (Å²) in [7, 11) is 0. The second-order valence-electron chi connectivity index (χ2n) is 2.32. The van der Waals surface area contributed by atoms with E-state index in [1.807, 2.05) is 36.4 Å². The van der Waals surface area contributed by atoms with Gasteiger partial charge in [0.2, 0.25) is 6.41 Å². The predicted octanol–water partition coefficient (Wildman–Crippen LogP) is 1.30. The summed E-state index contributed by atoms with van der Waals surface area (Å²) >= 11 is 0. The lowest BCUT2D eigenvalue weighted by molar-refractivity contribution is -0.108. The van der Waals surface area contributed by atoms with Gasteiger partial charge in [-0.05, 0) is 5.56 Å². The Hall–Kier alpha value is -2.08. The van der Waals surface area contributed by atoms with E-state index < -0.39 is 0 Å². The molecule has 0 fully saturated rings. The van der Waals surface area contributed by atoms with E-state index in [9.17, 15) is 4.79 Å². The molecule has 1 rings (SSSR count). The van der Waals surface area contributed by atoms with Crippen LogP contribution in [-0.2, 0) is 4.79 Å². The molecule has 3 heteroatoms. The maximum absolute atomic E-state index is 9.99. The summed E-state index contributed by atoms with van der Waals surface area (Å²) in [6, 6.07) is 11.1. The first-order valence-electron chi connectivity index (χ1n) is 3.74. The molecule has 0 unspecified atom stereocenters. The van der Waals surface area contributed by atoms with Crippen LogP contribution in [0.1, 0.15) is 5.56 Å². The van der Waals surface area contributed by atoms with E-state index in [0.29, 0.717) is 12.0 Å². The predicted molar refractivity (Wildman–Crippen MR) is 49.2 cm³/mol. The molecule has 0 saturated carbocycles. The molecular weight excluding hydrogens is 164 g/mol. The van der Waals surface area contributed by atoms with Crippen molar-refractivity contribution in [3.63, 3.8) is 0 Å². The van der Waals surface area contributed by atoms with Gasteiger partial charge in [0.1, 0.15) is 6.07 Å². The van der Waals surface area contributed by atoms with Gasteiger partial charge >= 0.3 is 0 Å². The summed E-state index contributed by atoms with van der Waals surface area (Å²) in [6.45, 7) is 0. The first-order valence-corrected chi connectivity index (χ1v) is 3.74. The van der Waals surface area contributed by atoms with Crippen LogP contribution in [-0.4, -0.2) is 6.41 Å². The number of benzene rings is 1. The standard InChI is InChI=1S/C10H8N2O/c11-6-10(7-12-8-13)9-4-2-1-3-5-9/h1-5,7-8H,(H,12,13)/b10-7+. The molecule has 1 aromatic rings. The van der Waals surface area contributed by atoms with Crippen LogP contribution in [0.2, 0.25) is 0 Å². The highest BCUT2D eigenvalue weighted by molar-refractivity contribution is 5.77. The van der Waals surface area contributed by atoms with E-state index in [4.69, 9.17) is 5.26 Å². The number of hydrogen-bond donors (Lipinski definition) is 1. The van der Waals surface area contributed by atoms with Crippen LogP contribution < -0.4 is 5.32 Å². The molecule has 0 aliphatic carbocycles. The van der Waals surface area contributed by atoms with Gasteiger partial charge in [-0.15, -0.1) is 0 Å². The highest BCUT2D eigenvalue weighted by Crippen LogP contribution is 2.10. The zero-order valence-corrected chi connectivity index (χ0v) is 6.90. The number of nitriles is 1. The van der Waals surface area contributed by atoms with Gasteiger partial charge in [0.25, 0.3) is 0 Å². The van der Waals surface area contributed by atoms with Crippen molar-refractivity contribution < 1.29 is 4.79 Å². The zero-order chi connectivity index (χ0) is 9.52. The quantitative estimate of drug-likeness (QED) is 0.551. The number of rotatable bonds is 3. The highest BCUT2D eigenvalue weighted by atomic mass is 16.1. The lowest BCUT2D eigenvalue weighted by Gasteiger charge is -1.96. The molecule has 0 aliphatic heterocycles. The van der Waals surface area contributed by atoms with Crippen LogP contribution in [0, 0.1) is 11.3 Å². The Morgan fingerprint density at radius 3 is 2.62 bits per heavy atom. The van der Waals surface area contributed by atoms with E-state index in [0.717, 1.165) is 5.56 Å². The summed E-state index contributed by atoms with van der Waals surface area (Å²) < 4.78 is 0. The maximum Gasteiger partial charge on any atom is 0.211 e. The summed E-state index contributed by atoms with van der Waals surface area (Å²) in [6.07, 6.45) is 1.91. The highest BCUT2D eigenvalue weighted by Gasteiger charge is 1.96. The second-order valence-corrected chi connectivity index (χ2v) is 2.32. The van der Waals surface area contributed by atoms with Crippen molar-refractivity contribution in [2.45, 2.75) is 0 Å². The molecular formula is C10H8N2O. The first-order chi connectivity index (χ1) is 6.38. The summed E-state index contributed by atoms with van der Waals surface area (Å²) in [4.78, 5) is 9.99. The lowest BCUT2D eigenvalue weighted by atomic mass is 10.1. The monoisotopic (exact) mass is 172 g/mol. The molecule has 1 aromatic carbocycles. The van der Waals surface area contributed by atoms with Crippen LogP contribution in [0.25, 0.3) is 5.57 Å². The minimum absolute atomic E-state index is 0.438. The number of hydrogen-bond acceptors (Lipinski definition) is 2. The Morgan fingerprint density at radius 2 is 2.08 bits per heavy atom. The number of nitrogens with zero attached hydrogens (tertiary/aromatic N) is 1. The van der Waals surface area contributed by atoms with E-state index >= 15 is 0 Å². The number of carbonyl (C=O) groups is 1. The molecule has 3 nitrogen and oxygen atoms in total.